The van der Waals surface area contributed by atoms with Gasteiger partial charge < -0.3 is 10.1 Å². The minimum Gasteiger partial charge on any atom is -0.379 e. The van der Waals surface area contributed by atoms with Crippen molar-refractivity contribution in [1.82, 2.24) is 10.2 Å². The maximum absolute atomic E-state index is 12.8. The van der Waals surface area contributed by atoms with Gasteiger partial charge in [-0.05, 0) is 24.1 Å². The zero-order chi connectivity index (χ0) is 24.0. The van der Waals surface area contributed by atoms with Crippen molar-refractivity contribution in [2.24, 2.45) is 0 Å². The highest BCUT2D eigenvalue weighted by atomic mass is 32.2. The monoisotopic (exact) mass is 476 g/mol. The van der Waals surface area contributed by atoms with Gasteiger partial charge in [0, 0.05) is 38.3 Å². The SMILES string of the molecule is C[C@@H](C(=O)NCc1cccc(CN2CCOCC2)c1)N(c1cccc([N+](=O)[O-])c1)S(C)(=O)=O. The maximum Gasteiger partial charge on any atom is 0.271 e. The second kappa shape index (κ2) is 10.7. The van der Waals surface area contributed by atoms with Gasteiger partial charge in [0.1, 0.15) is 6.04 Å². The minimum absolute atomic E-state index is 0.0573. The van der Waals surface area contributed by atoms with Crippen LogP contribution < -0.4 is 9.62 Å². The van der Waals surface area contributed by atoms with Gasteiger partial charge in [-0.3, -0.25) is 24.1 Å². The molecule has 1 atom stereocenters. The highest BCUT2D eigenvalue weighted by Gasteiger charge is 2.30. The fourth-order valence-electron chi connectivity index (χ4n) is 3.74. The van der Waals surface area contributed by atoms with E-state index in [1.807, 2.05) is 24.3 Å². The third-order valence-corrected chi connectivity index (χ3v) is 6.59. The molecule has 1 fully saturated rings. The molecule has 0 unspecified atom stereocenters. The van der Waals surface area contributed by atoms with Crippen molar-refractivity contribution >= 4 is 27.3 Å². The number of hydrogen-bond donors (Lipinski definition) is 1. The van der Waals surface area contributed by atoms with Crippen LogP contribution in [0, 0.1) is 10.1 Å². The summed E-state index contributed by atoms with van der Waals surface area (Å²) < 4.78 is 31.1. The van der Waals surface area contributed by atoms with Gasteiger partial charge in [-0.15, -0.1) is 0 Å². The zero-order valence-electron chi connectivity index (χ0n) is 18.6. The van der Waals surface area contributed by atoms with E-state index < -0.39 is 26.9 Å². The predicted molar refractivity (Wildman–Crippen MR) is 124 cm³/mol. The predicted octanol–water partition coefficient (Wildman–Crippen LogP) is 1.90. The molecule has 1 amide bonds. The van der Waals surface area contributed by atoms with Crippen LogP contribution in [-0.2, 0) is 32.6 Å². The van der Waals surface area contributed by atoms with Crippen molar-refractivity contribution in [3.05, 3.63) is 69.8 Å². The largest absolute Gasteiger partial charge is 0.379 e. The van der Waals surface area contributed by atoms with E-state index in [1.165, 1.54) is 25.1 Å². The number of amides is 1. The summed E-state index contributed by atoms with van der Waals surface area (Å²) in [6, 6.07) is 12.0. The van der Waals surface area contributed by atoms with Crippen LogP contribution in [0.1, 0.15) is 18.1 Å². The Bertz CT molecular complexity index is 1100. The molecule has 3 rings (SSSR count). The van der Waals surface area contributed by atoms with Gasteiger partial charge in [-0.1, -0.05) is 30.3 Å². The first-order chi connectivity index (χ1) is 15.6. The number of rotatable bonds is 9. The summed E-state index contributed by atoms with van der Waals surface area (Å²) in [4.78, 5) is 25.6. The lowest BCUT2D eigenvalue weighted by molar-refractivity contribution is -0.384. The molecule has 1 saturated heterocycles. The fraction of sp³-hybridized carbons (Fsp3) is 0.409. The molecule has 0 saturated carbocycles. The van der Waals surface area contributed by atoms with Gasteiger partial charge in [-0.2, -0.15) is 0 Å². The van der Waals surface area contributed by atoms with Crippen molar-refractivity contribution in [3.8, 4) is 0 Å². The van der Waals surface area contributed by atoms with E-state index in [-0.39, 0.29) is 17.9 Å². The van der Waals surface area contributed by atoms with E-state index in [4.69, 9.17) is 4.74 Å². The van der Waals surface area contributed by atoms with Crippen molar-refractivity contribution in [2.75, 3.05) is 36.9 Å². The Balaban J connectivity index is 1.69. The molecule has 1 N–H and O–H groups in total. The van der Waals surface area contributed by atoms with Crippen LogP contribution in [-0.4, -0.2) is 62.7 Å². The number of carbonyl (C=O) groups excluding carboxylic acids is 1. The summed E-state index contributed by atoms with van der Waals surface area (Å²) in [5.41, 5.74) is 1.81. The number of nitro benzene ring substituents is 1. The Morgan fingerprint density at radius 3 is 2.52 bits per heavy atom. The van der Waals surface area contributed by atoms with Crippen LogP contribution in [0.25, 0.3) is 0 Å². The summed E-state index contributed by atoms with van der Waals surface area (Å²) in [5, 5.41) is 13.9. The van der Waals surface area contributed by atoms with Crippen LogP contribution in [0.15, 0.2) is 48.5 Å². The highest BCUT2D eigenvalue weighted by Crippen LogP contribution is 2.25. The number of ether oxygens (including phenoxy) is 1. The van der Waals surface area contributed by atoms with Crippen molar-refractivity contribution < 1.29 is 22.9 Å². The molecule has 2 aromatic rings. The van der Waals surface area contributed by atoms with Crippen molar-refractivity contribution in [3.63, 3.8) is 0 Å². The number of nitrogens with zero attached hydrogens (tertiary/aromatic N) is 3. The molecule has 1 aliphatic rings. The van der Waals surface area contributed by atoms with Gasteiger partial charge in [0.05, 0.1) is 30.1 Å². The quantitative estimate of drug-likeness (QED) is 0.433. The zero-order valence-corrected chi connectivity index (χ0v) is 19.5. The molecule has 178 valence electrons. The lowest BCUT2D eigenvalue weighted by Gasteiger charge is -2.28. The molecule has 2 aromatic carbocycles. The number of nitrogens with one attached hydrogen (secondary N) is 1. The highest BCUT2D eigenvalue weighted by molar-refractivity contribution is 7.92. The van der Waals surface area contributed by atoms with E-state index in [0.717, 1.165) is 60.6 Å². The molecular formula is C22H28N4O6S. The molecule has 10 nitrogen and oxygen atoms in total. The first-order valence-electron chi connectivity index (χ1n) is 10.5. The van der Waals surface area contributed by atoms with Crippen LogP contribution >= 0.6 is 0 Å². The topological polar surface area (TPSA) is 122 Å². The number of morpholine rings is 1. The second-order valence-corrected chi connectivity index (χ2v) is 9.80. The molecule has 1 aliphatic heterocycles. The average Bonchev–Trinajstić information content (AvgIpc) is 2.77. The van der Waals surface area contributed by atoms with Gasteiger partial charge in [0.15, 0.2) is 0 Å². The first kappa shape index (κ1) is 24.6. The number of hydrogen-bond acceptors (Lipinski definition) is 7. The van der Waals surface area contributed by atoms with Gasteiger partial charge in [0.25, 0.3) is 5.69 Å². The summed E-state index contributed by atoms with van der Waals surface area (Å²) in [6.45, 7) is 5.64. The molecule has 0 bridgehead atoms. The standard InChI is InChI=1S/C22H28N4O6S/c1-17(25(33(2,30)31)20-7-4-8-21(14-20)26(28)29)22(27)23-15-18-5-3-6-19(13-18)16-24-9-11-32-12-10-24/h3-8,13-14,17H,9-12,15-16H2,1-2H3,(H,23,27)/t17-/m0/s1. The maximum atomic E-state index is 12.8. The Kier molecular flexibility index (Phi) is 8.01. The molecule has 33 heavy (non-hydrogen) atoms. The summed E-state index contributed by atoms with van der Waals surface area (Å²) in [7, 11) is -3.88. The molecule has 1 heterocycles. The van der Waals surface area contributed by atoms with E-state index in [1.54, 1.807) is 0 Å². The Morgan fingerprint density at radius 2 is 1.85 bits per heavy atom. The number of benzene rings is 2. The summed E-state index contributed by atoms with van der Waals surface area (Å²) >= 11 is 0. The van der Waals surface area contributed by atoms with Gasteiger partial charge in [0.2, 0.25) is 15.9 Å². The van der Waals surface area contributed by atoms with Gasteiger partial charge >= 0.3 is 0 Å². The van der Waals surface area contributed by atoms with E-state index in [0.29, 0.717) is 0 Å². The van der Waals surface area contributed by atoms with Gasteiger partial charge in [-0.25, -0.2) is 8.42 Å². The van der Waals surface area contributed by atoms with Crippen LogP contribution in [0.3, 0.4) is 0 Å². The average molecular weight is 477 g/mol. The van der Waals surface area contributed by atoms with Crippen molar-refractivity contribution in [2.45, 2.75) is 26.1 Å². The van der Waals surface area contributed by atoms with E-state index in [2.05, 4.69) is 10.2 Å². The number of carbonyl (C=O) groups is 1. The smallest absolute Gasteiger partial charge is 0.271 e. The third-order valence-electron chi connectivity index (χ3n) is 5.35. The van der Waals surface area contributed by atoms with Crippen molar-refractivity contribution in [1.29, 1.82) is 0 Å². The molecule has 0 spiro atoms. The van der Waals surface area contributed by atoms with E-state index >= 15 is 0 Å². The third kappa shape index (κ3) is 6.73. The Hall–Kier alpha value is -3.02. The lowest BCUT2D eigenvalue weighted by atomic mass is 10.1. The molecule has 0 aromatic heterocycles. The number of sulfonamides is 1. The first-order valence-corrected chi connectivity index (χ1v) is 12.4. The van der Waals surface area contributed by atoms with E-state index in [9.17, 15) is 23.3 Å². The number of anilines is 1. The lowest BCUT2D eigenvalue weighted by Crippen LogP contribution is -2.47. The summed E-state index contributed by atoms with van der Waals surface area (Å²) in [6.07, 6.45) is 0.963. The molecule has 0 radical (unpaired) electrons. The van der Waals surface area contributed by atoms with Crippen LogP contribution in [0.2, 0.25) is 0 Å². The van der Waals surface area contributed by atoms with Crippen LogP contribution in [0.5, 0.6) is 0 Å². The number of nitro groups is 1. The molecule has 11 heteroatoms. The number of non-ortho nitro benzene ring substituents is 1. The Morgan fingerprint density at radius 1 is 1.18 bits per heavy atom. The normalized spacial score (nSPS) is 15.6. The molecular weight excluding hydrogens is 448 g/mol. The summed E-state index contributed by atoms with van der Waals surface area (Å²) in [5.74, 6) is -0.509. The van der Waals surface area contributed by atoms with Crippen LogP contribution in [0.4, 0.5) is 11.4 Å². The Labute approximate surface area is 193 Å². The minimum atomic E-state index is -3.88. The second-order valence-electron chi connectivity index (χ2n) is 7.94. The molecule has 0 aliphatic carbocycles. The fourth-order valence-corrected chi connectivity index (χ4v) is 4.91.